The molecule has 3 rings (SSSR count). The van der Waals surface area contributed by atoms with Gasteiger partial charge in [0.15, 0.2) is 0 Å². The molecule has 1 aliphatic heterocycles. The van der Waals surface area contributed by atoms with Crippen molar-refractivity contribution in [2.45, 2.75) is 4.90 Å². The molecule has 2 aromatic carbocycles. The first-order chi connectivity index (χ1) is 11.8. The summed E-state index contributed by atoms with van der Waals surface area (Å²) in [7, 11) is -4.09. The van der Waals surface area contributed by atoms with Crippen molar-refractivity contribution in [1.29, 1.82) is 0 Å². The van der Waals surface area contributed by atoms with E-state index in [1.165, 1.54) is 42.5 Å². The molecule has 25 heavy (non-hydrogen) atoms. The number of nitrogens with one attached hydrogen (secondary N) is 1. The monoisotopic (exact) mass is 361 g/mol. The number of rotatable bonds is 4. The Hall–Kier alpha value is -3.27. The molecule has 1 heterocycles. The van der Waals surface area contributed by atoms with Crippen LogP contribution in [-0.4, -0.2) is 36.0 Å². The third kappa shape index (κ3) is 2.94. The van der Waals surface area contributed by atoms with Crippen LogP contribution in [0.2, 0.25) is 0 Å². The third-order valence-electron chi connectivity index (χ3n) is 3.54. The van der Waals surface area contributed by atoms with E-state index in [1.54, 1.807) is 0 Å². The van der Waals surface area contributed by atoms with Crippen LogP contribution in [0.5, 0.6) is 0 Å². The number of amides is 2. The summed E-state index contributed by atoms with van der Waals surface area (Å²) in [6, 6.07) is 10.8. The molecule has 0 saturated heterocycles. The van der Waals surface area contributed by atoms with Crippen LogP contribution in [0, 0.1) is 10.1 Å². The van der Waals surface area contributed by atoms with Gasteiger partial charge in [0.25, 0.3) is 21.6 Å². The van der Waals surface area contributed by atoms with Gasteiger partial charge in [0, 0.05) is 17.8 Å². The Morgan fingerprint density at radius 3 is 2.56 bits per heavy atom. The second kappa shape index (κ2) is 5.98. The van der Waals surface area contributed by atoms with Crippen molar-refractivity contribution in [3.05, 3.63) is 64.2 Å². The van der Waals surface area contributed by atoms with Gasteiger partial charge in [-0.05, 0) is 18.2 Å². The molecule has 2 aromatic rings. The Morgan fingerprint density at radius 1 is 1.16 bits per heavy atom. The lowest BCUT2D eigenvalue weighted by Gasteiger charge is -2.14. The minimum absolute atomic E-state index is 0.00523. The van der Waals surface area contributed by atoms with Crippen molar-refractivity contribution in [2.75, 3.05) is 11.9 Å². The van der Waals surface area contributed by atoms with Crippen molar-refractivity contribution in [3.8, 4) is 0 Å². The van der Waals surface area contributed by atoms with Gasteiger partial charge in [-0.3, -0.25) is 19.7 Å². The number of sulfonamides is 1. The summed E-state index contributed by atoms with van der Waals surface area (Å²) < 4.78 is 25.2. The van der Waals surface area contributed by atoms with E-state index in [2.05, 4.69) is 5.32 Å². The zero-order chi connectivity index (χ0) is 18.2. The molecule has 1 N–H and O–H groups in total. The Morgan fingerprint density at radius 2 is 1.88 bits per heavy atom. The van der Waals surface area contributed by atoms with Crippen molar-refractivity contribution in [1.82, 2.24) is 4.31 Å². The molecule has 0 bridgehead atoms. The maximum atomic E-state index is 12.4. The predicted octanol–water partition coefficient (Wildman–Crippen LogP) is 1.38. The largest absolute Gasteiger partial charge is 0.324 e. The van der Waals surface area contributed by atoms with Crippen LogP contribution in [-0.2, 0) is 14.8 Å². The normalized spacial score (nSPS) is 14.9. The van der Waals surface area contributed by atoms with E-state index in [4.69, 9.17) is 0 Å². The Kier molecular flexibility index (Phi) is 3.97. The molecule has 9 nitrogen and oxygen atoms in total. The van der Waals surface area contributed by atoms with Crippen molar-refractivity contribution < 1.29 is 22.9 Å². The quantitative estimate of drug-likeness (QED) is 0.647. The minimum Gasteiger partial charge on any atom is -0.324 e. The lowest BCUT2D eigenvalue weighted by molar-refractivity contribution is -0.384. The van der Waals surface area contributed by atoms with Gasteiger partial charge in [0.05, 0.1) is 10.5 Å². The number of hydrogen-bond donors (Lipinski definition) is 1. The lowest BCUT2D eigenvalue weighted by Crippen LogP contribution is -2.37. The number of carbonyl (C=O) groups excluding carboxylic acids is 2. The Bertz CT molecular complexity index is 1000. The third-order valence-corrected chi connectivity index (χ3v) is 5.33. The van der Waals surface area contributed by atoms with Gasteiger partial charge >= 0.3 is 0 Å². The number of anilines is 1. The van der Waals surface area contributed by atoms with E-state index < -0.39 is 33.3 Å². The average Bonchev–Trinajstić information content (AvgIpc) is 2.76. The van der Waals surface area contributed by atoms with Gasteiger partial charge < -0.3 is 5.32 Å². The second-order valence-electron chi connectivity index (χ2n) is 5.17. The van der Waals surface area contributed by atoms with Crippen LogP contribution in [0.3, 0.4) is 0 Å². The average molecular weight is 361 g/mol. The molecule has 128 valence electrons. The second-order valence-corrected chi connectivity index (χ2v) is 7.00. The molecule has 0 spiro atoms. The molecule has 0 saturated carbocycles. The number of nitrogens with zero attached hydrogens (tertiary/aromatic N) is 2. The first-order valence-corrected chi connectivity index (χ1v) is 8.45. The van der Waals surface area contributed by atoms with Crippen molar-refractivity contribution in [2.24, 2.45) is 0 Å². The fourth-order valence-corrected chi connectivity index (χ4v) is 3.94. The van der Waals surface area contributed by atoms with Crippen LogP contribution < -0.4 is 5.32 Å². The smallest absolute Gasteiger partial charge is 0.271 e. The molecule has 0 fully saturated rings. The van der Waals surface area contributed by atoms with E-state index in [0.717, 1.165) is 6.07 Å². The van der Waals surface area contributed by atoms with E-state index in [0.29, 0.717) is 4.31 Å². The first kappa shape index (κ1) is 16.6. The summed E-state index contributed by atoms with van der Waals surface area (Å²) in [5.74, 6) is -1.57. The maximum Gasteiger partial charge on any atom is 0.271 e. The molecule has 0 unspecified atom stereocenters. The number of non-ortho nitro benzene ring substituents is 1. The first-order valence-electron chi connectivity index (χ1n) is 7.01. The van der Waals surface area contributed by atoms with Gasteiger partial charge in [0.2, 0.25) is 5.91 Å². The summed E-state index contributed by atoms with van der Waals surface area (Å²) in [5.41, 5.74) is -0.0958. The fourth-order valence-electron chi connectivity index (χ4n) is 2.42. The summed E-state index contributed by atoms with van der Waals surface area (Å²) in [4.78, 5) is 34.3. The highest BCUT2D eigenvalue weighted by atomic mass is 32.2. The number of nitro groups is 1. The molecular weight excluding hydrogens is 350 g/mol. The topological polar surface area (TPSA) is 127 Å². The maximum absolute atomic E-state index is 12.4. The van der Waals surface area contributed by atoms with Crippen LogP contribution >= 0.6 is 0 Å². The molecule has 0 radical (unpaired) electrons. The molecule has 0 atom stereocenters. The molecule has 0 aromatic heterocycles. The molecule has 0 aliphatic carbocycles. The zero-order valence-electron chi connectivity index (χ0n) is 12.6. The van der Waals surface area contributed by atoms with Crippen LogP contribution in [0.15, 0.2) is 53.4 Å². The van der Waals surface area contributed by atoms with E-state index in [-0.39, 0.29) is 21.8 Å². The summed E-state index contributed by atoms with van der Waals surface area (Å²) in [6.07, 6.45) is 0. The van der Waals surface area contributed by atoms with Gasteiger partial charge in [-0.15, -0.1) is 0 Å². The predicted molar refractivity (Wildman–Crippen MR) is 86.4 cm³/mol. The number of benzene rings is 2. The van der Waals surface area contributed by atoms with Crippen molar-refractivity contribution >= 4 is 33.2 Å². The van der Waals surface area contributed by atoms with Crippen molar-refractivity contribution in [3.63, 3.8) is 0 Å². The van der Waals surface area contributed by atoms with Gasteiger partial charge in [0.1, 0.15) is 11.4 Å². The van der Waals surface area contributed by atoms with Gasteiger partial charge in [-0.25, -0.2) is 12.7 Å². The Balaban J connectivity index is 1.79. The summed E-state index contributed by atoms with van der Waals surface area (Å²) >= 11 is 0. The van der Waals surface area contributed by atoms with Crippen LogP contribution in [0.4, 0.5) is 11.4 Å². The van der Waals surface area contributed by atoms with Crippen LogP contribution in [0.25, 0.3) is 0 Å². The van der Waals surface area contributed by atoms with Crippen LogP contribution in [0.1, 0.15) is 10.4 Å². The van der Waals surface area contributed by atoms with Gasteiger partial charge in [-0.1, -0.05) is 18.2 Å². The highest BCUT2D eigenvalue weighted by Gasteiger charge is 2.41. The molecule has 2 amide bonds. The lowest BCUT2D eigenvalue weighted by atomic mass is 10.2. The fraction of sp³-hybridized carbons (Fsp3) is 0.0667. The standard InChI is InChI=1S/C15H11N3O6S/c19-14(16-10-4-3-5-11(8-10)18(21)22)9-17-15(20)12-6-1-2-7-13(12)25(17,23)24/h1-8H,9H2,(H,16,19). The Labute approximate surface area is 142 Å². The molecular formula is C15H11N3O6S. The van der Waals surface area contributed by atoms with E-state index in [1.807, 2.05) is 0 Å². The minimum atomic E-state index is -4.09. The summed E-state index contributed by atoms with van der Waals surface area (Å²) in [5, 5.41) is 13.1. The number of fused-ring (bicyclic) bond motifs is 1. The summed E-state index contributed by atoms with van der Waals surface area (Å²) in [6.45, 7) is -0.724. The number of hydrogen-bond acceptors (Lipinski definition) is 6. The van der Waals surface area contributed by atoms with Gasteiger partial charge in [-0.2, -0.15) is 0 Å². The number of nitro benzene ring substituents is 1. The zero-order valence-corrected chi connectivity index (χ0v) is 13.4. The molecule has 10 heteroatoms. The van der Waals surface area contributed by atoms with E-state index in [9.17, 15) is 28.1 Å². The highest BCUT2D eigenvalue weighted by Crippen LogP contribution is 2.29. The SMILES string of the molecule is O=C(CN1C(=O)c2ccccc2S1(=O)=O)Nc1cccc([N+](=O)[O-])c1. The molecule has 1 aliphatic rings. The highest BCUT2D eigenvalue weighted by molar-refractivity contribution is 7.90. The number of carbonyl (C=O) groups is 2. The van der Waals surface area contributed by atoms with E-state index >= 15 is 0 Å².